The average Bonchev–Trinajstić information content (AvgIpc) is 3.34. The first kappa shape index (κ1) is 27.8. The fraction of sp³-hybridized carbons (Fsp3) is 0.258. The van der Waals surface area contributed by atoms with Gasteiger partial charge in [0, 0.05) is 22.2 Å². The minimum absolute atomic E-state index is 0.204. The highest BCUT2D eigenvalue weighted by Gasteiger charge is 2.34. The Kier molecular flexibility index (Phi) is 8.77. The smallest absolute Gasteiger partial charge is 0.255 e. The Morgan fingerprint density at radius 2 is 1.93 bits per heavy atom. The number of ether oxygens (including phenoxy) is 1. The van der Waals surface area contributed by atoms with Crippen LogP contribution in [0.2, 0.25) is 5.02 Å². The number of anilines is 2. The number of unbranched alkanes of at least 4 members (excludes halogenated alkanes) is 1. The van der Waals surface area contributed by atoms with Crippen molar-refractivity contribution in [2.45, 2.75) is 50.6 Å². The molecule has 40 heavy (non-hydrogen) atoms. The molecule has 9 heteroatoms. The predicted molar refractivity (Wildman–Crippen MR) is 162 cm³/mol. The molecule has 1 atom stereocenters. The van der Waals surface area contributed by atoms with Crippen molar-refractivity contribution in [3.63, 3.8) is 0 Å². The molecule has 0 saturated heterocycles. The Bertz CT molecular complexity index is 1550. The summed E-state index contributed by atoms with van der Waals surface area (Å²) in [4.78, 5) is 18.6. The minimum atomic E-state index is -0.502. The number of nitrogens with zero attached hydrogens (tertiary/aromatic N) is 3. The van der Waals surface area contributed by atoms with E-state index in [1.54, 1.807) is 4.68 Å². The molecule has 1 amide bonds. The second kappa shape index (κ2) is 12.6. The number of aromatic nitrogens is 3. The quantitative estimate of drug-likeness (QED) is 0.150. The second-order valence-electron chi connectivity index (χ2n) is 9.71. The second-order valence-corrected chi connectivity index (χ2v) is 11.1. The number of carbonyl (C=O) groups is 1. The van der Waals surface area contributed by atoms with Gasteiger partial charge in [-0.05, 0) is 67.3 Å². The molecule has 0 fully saturated rings. The first-order valence-electron chi connectivity index (χ1n) is 13.3. The fourth-order valence-electron chi connectivity index (χ4n) is 4.58. The van der Waals surface area contributed by atoms with Gasteiger partial charge in [-0.2, -0.15) is 4.98 Å². The van der Waals surface area contributed by atoms with Gasteiger partial charge in [0.1, 0.15) is 11.8 Å². The van der Waals surface area contributed by atoms with E-state index in [1.165, 1.54) is 11.8 Å². The first-order valence-corrected chi connectivity index (χ1v) is 14.7. The summed E-state index contributed by atoms with van der Waals surface area (Å²) in [5.74, 6) is 1.76. The lowest BCUT2D eigenvalue weighted by Gasteiger charge is -2.29. The molecule has 206 valence electrons. The van der Waals surface area contributed by atoms with Crippen molar-refractivity contribution in [1.29, 1.82) is 0 Å². The normalized spacial score (nSPS) is 14.4. The third-order valence-corrected chi connectivity index (χ3v) is 7.86. The summed E-state index contributed by atoms with van der Waals surface area (Å²) in [6, 6.07) is 22.9. The summed E-state index contributed by atoms with van der Waals surface area (Å²) in [7, 11) is 0. The van der Waals surface area contributed by atoms with Crippen LogP contribution in [0.1, 0.15) is 49.4 Å². The molecule has 1 aromatic heterocycles. The lowest BCUT2D eigenvalue weighted by atomic mass is 9.94. The van der Waals surface area contributed by atoms with Gasteiger partial charge in [-0.3, -0.25) is 4.79 Å². The number of hydrogen-bond donors (Lipinski definition) is 2. The standard InChI is InChI=1S/C31H32ClN5O2S/c1-4-5-16-39-25-14-9-12-22(18-25)28-27(29(38)34-24-13-8-10-20(2)17-24)21(3)33-30-35-31(36-37(28)30)40-19-23-11-6-7-15-26(23)32/h6-15,17-18,28H,4-5,16,19H2,1-3H3,(H,34,38)(H,33,35,36). The Hall–Kier alpha value is -3.75. The molecule has 5 rings (SSSR count). The van der Waals surface area contributed by atoms with E-state index in [2.05, 4.69) is 17.6 Å². The maximum Gasteiger partial charge on any atom is 0.255 e. The van der Waals surface area contributed by atoms with Crippen molar-refractivity contribution < 1.29 is 9.53 Å². The van der Waals surface area contributed by atoms with Gasteiger partial charge in [0.25, 0.3) is 5.91 Å². The van der Waals surface area contributed by atoms with Crippen LogP contribution >= 0.6 is 23.4 Å². The highest BCUT2D eigenvalue weighted by molar-refractivity contribution is 7.98. The number of fused-ring (bicyclic) bond motifs is 1. The number of allylic oxidation sites excluding steroid dienone is 1. The molecule has 7 nitrogen and oxygen atoms in total. The molecule has 2 N–H and O–H groups in total. The monoisotopic (exact) mass is 573 g/mol. The molecule has 3 aromatic carbocycles. The van der Waals surface area contributed by atoms with Crippen LogP contribution in [0.4, 0.5) is 11.6 Å². The van der Waals surface area contributed by atoms with E-state index in [-0.39, 0.29) is 5.91 Å². The average molecular weight is 574 g/mol. The third kappa shape index (κ3) is 6.35. The number of nitrogens with one attached hydrogen (secondary N) is 2. The maximum atomic E-state index is 13.8. The summed E-state index contributed by atoms with van der Waals surface area (Å²) in [6.45, 7) is 6.67. The number of amides is 1. The van der Waals surface area contributed by atoms with Crippen molar-refractivity contribution in [2.24, 2.45) is 0 Å². The molecule has 4 aromatic rings. The van der Waals surface area contributed by atoms with Crippen molar-refractivity contribution in [1.82, 2.24) is 14.8 Å². The van der Waals surface area contributed by atoms with E-state index in [0.29, 0.717) is 34.1 Å². The van der Waals surface area contributed by atoms with Gasteiger partial charge in [-0.25, -0.2) is 4.68 Å². The van der Waals surface area contributed by atoms with Crippen LogP contribution in [-0.2, 0) is 10.5 Å². The van der Waals surface area contributed by atoms with E-state index >= 15 is 0 Å². The van der Waals surface area contributed by atoms with Crippen LogP contribution in [0.25, 0.3) is 0 Å². The molecule has 1 aliphatic heterocycles. The topological polar surface area (TPSA) is 81.1 Å². The van der Waals surface area contributed by atoms with Crippen LogP contribution in [0.3, 0.4) is 0 Å². The van der Waals surface area contributed by atoms with Gasteiger partial charge in [0.15, 0.2) is 0 Å². The Balaban J connectivity index is 1.49. The maximum absolute atomic E-state index is 13.8. The van der Waals surface area contributed by atoms with Gasteiger partial charge in [0.05, 0.1) is 12.2 Å². The predicted octanol–water partition coefficient (Wildman–Crippen LogP) is 7.64. The first-order chi connectivity index (χ1) is 19.4. The fourth-order valence-corrected chi connectivity index (χ4v) is 5.70. The van der Waals surface area contributed by atoms with E-state index in [1.807, 2.05) is 86.6 Å². The van der Waals surface area contributed by atoms with Crippen molar-refractivity contribution in [2.75, 3.05) is 17.2 Å². The summed E-state index contributed by atoms with van der Waals surface area (Å²) in [5, 5.41) is 12.6. The lowest BCUT2D eigenvalue weighted by Crippen LogP contribution is -2.31. The van der Waals surface area contributed by atoms with E-state index < -0.39 is 6.04 Å². The molecular weight excluding hydrogens is 542 g/mol. The van der Waals surface area contributed by atoms with Gasteiger partial charge < -0.3 is 15.4 Å². The zero-order chi connectivity index (χ0) is 28.1. The Labute approximate surface area is 244 Å². The van der Waals surface area contributed by atoms with Gasteiger partial charge >= 0.3 is 0 Å². The molecular formula is C31H32ClN5O2S. The number of carbonyl (C=O) groups excluding carboxylic acids is 1. The number of benzene rings is 3. The van der Waals surface area contributed by atoms with Crippen LogP contribution in [-0.4, -0.2) is 27.3 Å². The van der Waals surface area contributed by atoms with Gasteiger partial charge in [-0.1, -0.05) is 79.2 Å². The Morgan fingerprint density at radius 3 is 2.73 bits per heavy atom. The van der Waals surface area contributed by atoms with Gasteiger partial charge in [0.2, 0.25) is 11.1 Å². The lowest BCUT2D eigenvalue weighted by molar-refractivity contribution is -0.113. The minimum Gasteiger partial charge on any atom is -0.494 e. The number of thioether (sulfide) groups is 1. The molecule has 1 unspecified atom stereocenters. The molecule has 0 radical (unpaired) electrons. The SMILES string of the molecule is CCCCOc1cccc(C2C(C(=O)Nc3cccc(C)c3)=C(C)Nc3nc(SCc4ccccc4Cl)nn32)c1. The highest BCUT2D eigenvalue weighted by atomic mass is 35.5. The number of halogens is 1. The number of aryl methyl sites for hydroxylation is 1. The van der Waals surface area contributed by atoms with Crippen LogP contribution < -0.4 is 15.4 Å². The Morgan fingerprint density at radius 1 is 1.10 bits per heavy atom. The summed E-state index contributed by atoms with van der Waals surface area (Å²) < 4.78 is 7.80. The summed E-state index contributed by atoms with van der Waals surface area (Å²) >= 11 is 7.87. The van der Waals surface area contributed by atoms with Crippen molar-refractivity contribution in [3.05, 3.63) is 106 Å². The molecule has 1 aliphatic rings. The summed E-state index contributed by atoms with van der Waals surface area (Å²) in [5.41, 5.74) is 4.98. The molecule has 0 spiro atoms. The van der Waals surface area contributed by atoms with E-state index in [0.717, 1.165) is 46.7 Å². The van der Waals surface area contributed by atoms with Crippen molar-refractivity contribution >= 4 is 40.9 Å². The largest absolute Gasteiger partial charge is 0.494 e. The molecule has 0 saturated carbocycles. The molecule has 2 heterocycles. The van der Waals surface area contributed by atoms with Gasteiger partial charge in [-0.15, -0.1) is 5.10 Å². The number of hydrogen-bond acceptors (Lipinski definition) is 6. The third-order valence-electron chi connectivity index (χ3n) is 6.61. The molecule has 0 bridgehead atoms. The zero-order valence-electron chi connectivity index (χ0n) is 22.8. The van der Waals surface area contributed by atoms with E-state index in [4.69, 9.17) is 26.4 Å². The number of rotatable bonds is 10. The van der Waals surface area contributed by atoms with Crippen molar-refractivity contribution in [3.8, 4) is 5.75 Å². The summed E-state index contributed by atoms with van der Waals surface area (Å²) in [6.07, 6.45) is 2.02. The zero-order valence-corrected chi connectivity index (χ0v) is 24.4. The van der Waals surface area contributed by atoms with Crippen LogP contribution in [0, 0.1) is 6.92 Å². The van der Waals surface area contributed by atoms with E-state index in [9.17, 15) is 4.79 Å². The van der Waals surface area contributed by atoms with Crippen LogP contribution in [0.5, 0.6) is 5.75 Å². The highest BCUT2D eigenvalue weighted by Crippen LogP contribution is 2.38. The molecule has 0 aliphatic carbocycles. The van der Waals surface area contributed by atoms with Crippen LogP contribution in [0.15, 0.2) is 89.2 Å².